The van der Waals surface area contributed by atoms with Gasteiger partial charge in [0.1, 0.15) is 17.9 Å². The zero-order valence-corrected chi connectivity index (χ0v) is 19.6. The lowest BCUT2D eigenvalue weighted by Crippen LogP contribution is -2.58. The number of anilines is 1. The SMILES string of the molecule is CO[C@](C)(C(=O)O)N(C(=O)OCC1c2ccccc2-c2ccccc21)c1cc2ccccc2oc1=O. The Morgan fingerprint density at radius 3 is 2.17 bits per heavy atom. The average molecular weight is 485 g/mol. The third kappa shape index (κ3) is 3.72. The number of ether oxygens (including phenoxy) is 2. The molecule has 4 aromatic rings. The largest absolute Gasteiger partial charge is 0.478 e. The molecule has 8 heteroatoms. The number of carbonyl (C=O) groups excluding carboxylic acids is 1. The minimum absolute atomic E-state index is 0.0678. The summed E-state index contributed by atoms with van der Waals surface area (Å²) < 4.78 is 16.3. The molecular weight excluding hydrogens is 462 g/mol. The number of benzene rings is 3. The first-order valence-electron chi connectivity index (χ1n) is 11.3. The van der Waals surface area contributed by atoms with Gasteiger partial charge >= 0.3 is 17.7 Å². The van der Waals surface area contributed by atoms with E-state index in [1.165, 1.54) is 13.0 Å². The van der Waals surface area contributed by atoms with Crippen molar-refractivity contribution in [1.82, 2.24) is 0 Å². The quantitative estimate of drug-likeness (QED) is 0.303. The fraction of sp³-hybridized carbons (Fsp3) is 0.179. The Hall–Kier alpha value is -4.43. The van der Waals surface area contributed by atoms with Gasteiger partial charge in [-0.1, -0.05) is 66.7 Å². The van der Waals surface area contributed by atoms with E-state index in [0.29, 0.717) is 15.9 Å². The van der Waals surface area contributed by atoms with E-state index >= 15 is 0 Å². The van der Waals surface area contributed by atoms with Gasteiger partial charge in [0.2, 0.25) is 5.72 Å². The first-order chi connectivity index (χ1) is 17.3. The van der Waals surface area contributed by atoms with E-state index in [-0.39, 0.29) is 18.2 Å². The molecule has 0 saturated heterocycles. The van der Waals surface area contributed by atoms with Crippen LogP contribution in [-0.4, -0.2) is 36.6 Å². The summed E-state index contributed by atoms with van der Waals surface area (Å²) in [5.41, 5.74) is 0.950. The molecule has 5 rings (SSSR count). The van der Waals surface area contributed by atoms with Crippen LogP contribution in [0.4, 0.5) is 10.5 Å². The number of amides is 1. The van der Waals surface area contributed by atoms with Gasteiger partial charge in [0, 0.05) is 18.4 Å². The van der Waals surface area contributed by atoms with Crippen LogP contribution in [0.3, 0.4) is 0 Å². The Morgan fingerprint density at radius 2 is 1.56 bits per heavy atom. The van der Waals surface area contributed by atoms with E-state index in [1.54, 1.807) is 24.3 Å². The molecule has 1 atom stereocenters. The lowest BCUT2D eigenvalue weighted by molar-refractivity contribution is -0.159. The predicted octanol–water partition coefficient (Wildman–Crippen LogP) is 5.00. The van der Waals surface area contributed by atoms with E-state index in [0.717, 1.165) is 29.4 Å². The normalized spacial score (nSPS) is 14.1. The van der Waals surface area contributed by atoms with E-state index in [2.05, 4.69) is 0 Å². The molecule has 0 aliphatic heterocycles. The molecule has 0 radical (unpaired) electrons. The standard InChI is InChI=1S/C28H23NO7/c1-28(34-2,26(31)32)29(23-15-17-9-3-8-14-24(17)36-25(23)30)27(33)35-16-22-20-12-6-4-10-18(20)19-11-5-7-13-21(19)22/h3-15,22H,16H2,1-2H3,(H,31,32)/t28-/m1/s1. The molecule has 0 bridgehead atoms. The second-order valence-corrected chi connectivity index (χ2v) is 8.59. The average Bonchev–Trinajstić information content (AvgIpc) is 3.21. The van der Waals surface area contributed by atoms with Crippen molar-refractivity contribution in [2.24, 2.45) is 0 Å². The number of hydrogen-bond donors (Lipinski definition) is 1. The van der Waals surface area contributed by atoms with Gasteiger partial charge < -0.3 is 19.0 Å². The van der Waals surface area contributed by atoms with Crippen molar-refractivity contribution in [3.63, 3.8) is 0 Å². The summed E-state index contributed by atoms with van der Waals surface area (Å²) in [6, 6.07) is 23.8. The van der Waals surface area contributed by atoms with Gasteiger partial charge in [-0.15, -0.1) is 0 Å². The highest BCUT2D eigenvalue weighted by Gasteiger charge is 2.47. The number of para-hydroxylation sites is 1. The first-order valence-corrected chi connectivity index (χ1v) is 11.3. The van der Waals surface area contributed by atoms with Crippen molar-refractivity contribution >= 4 is 28.7 Å². The molecule has 182 valence electrons. The minimum atomic E-state index is -2.24. The van der Waals surface area contributed by atoms with Gasteiger partial charge in [0.05, 0.1) is 0 Å². The number of hydrogen-bond acceptors (Lipinski definition) is 6. The Balaban J connectivity index is 1.53. The minimum Gasteiger partial charge on any atom is -0.478 e. The summed E-state index contributed by atoms with van der Waals surface area (Å²) in [4.78, 5) is 39.3. The lowest BCUT2D eigenvalue weighted by Gasteiger charge is -2.35. The van der Waals surface area contributed by atoms with Crippen LogP contribution in [0, 0.1) is 0 Å². The van der Waals surface area contributed by atoms with Gasteiger partial charge in [0.25, 0.3) is 0 Å². The van der Waals surface area contributed by atoms with Crippen LogP contribution < -0.4 is 10.5 Å². The van der Waals surface area contributed by atoms with Crippen molar-refractivity contribution in [2.75, 3.05) is 18.6 Å². The predicted molar refractivity (Wildman–Crippen MR) is 133 cm³/mol. The maximum absolute atomic E-state index is 13.5. The summed E-state index contributed by atoms with van der Waals surface area (Å²) in [6.07, 6.45) is -1.05. The summed E-state index contributed by atoms with van der Waals surface area (Å²) in [5, 5.41) is 10.5. The number of nitrogens with zero attached hydrogens (tertiary/aromatic N) is 1. The summed E-state index contributed by atoms with van der Waals surface area (Å²) in [6.45, 7) is 1.10. The van der Waals surface area contributed by atoms with Gasteiger partial charge in [0.15, 0.2) is 0 Å². The number of carbonyl (C=O) groups is 2. The Kier molecular flexibility index (Phi) is 5.81. The van der Waals surface area contributed by atoms with Gasteiger partial charge in [-0.05, 0) is 41.3 Å². The molecule has 3 aromatic carbocycles. The number of carboxylic acids is 1. The third-order valence-corrected chi connectivity index (χ3v) is 6.60. The van der Waals surface area contributed by atoms with E-state index < -0.39 is 23.4 Å². The van der Waals surface area contributed by atoms with E-state index in [1.807, 2.05) is 48.5 Å². The topological polar surface area (TPSA) is 106 Å². The Labute approximate surface area is 206 Å². The van der Waals surface area contributed by atoms with Crippen molar-refractivity contribution in [3.05, 3.63) is 100 Å². The number of rotatable bonds is 6. The van der Waals surface area contributed by atoms with Crippen LogP contribution >= 0.6 is 0 Å². The maximum atomic E-state index is 13.5. The molecule has 1 aliphatic rings. The van der Waals surface area contributed by atoms with Gasteiger partial charge in [-0.2, -0.15) is 0 Å². The molecule has 0 saturated carbocycles. The fourth-order valence-corrected chi connectivity index (χ4v) is 4.64. The molecule has 0 unspecified atom stereocenters. The monoisotopic (exact) mass is 485 g/mol. The zero-order chi connectivity index (χ0) is 25.4. The number of methoxy groups -OCH3 is 1. The highest BCUT2D eigenvalue weighted by Crippen LogP contribution is 2.44. The number of aliphatic carboxylic acids is 1. The van der Waals surface area contributed by atoms with Crippen LogP contribution in [0.5, 0.6) is 0 Å². The molecule has 1 N–H and O–H groups in total. The first kappa shape index (κ1) is 23.3. The summed E-state index contributed by atoms with van der Waals surface area (Å²) in [5.74, 6) is -1.74. The summed E-state index contributed by atoms with van der Waals surface area (Å²) >= 11 is 0. The molecular formula is C28H23NO7. The van der Waals surface area contributed by atoms with E-state index in [4.69, 9.17) is 13.9 Å². The Bertz CT molecular complexity index is 1500. The van der Waals surface area contributed by atoms with Crippen molar-refractivity contribution in [1.29, 1.82) is 0 Å². The molecule has 1 amide bonds. The maximum Gasteiger partial charge on any atom is 0.417 e. The van der Waals surface area contributed by atoms with Crippen LogP contribution in [0.15, 0.2) is 88.1 Å². The highest BCUT2D eigenvalue weighted by molar-refractivity contribution is 5.98. The molecule has 0 spiro atoms. The number of fused-ring (bicyclic) bond motifs is 4. The molecule has 1 heterocycles. The second-order valence-electron chi connectivity index (χ2n) is 8.59. The van der Waals surface area contributed by atoms with Crippen molar-refractivity contribution in [3.8, 4) is 11.1 Å². The van der Waals surface area contributed by atoms with Gasteiger partial charge in [-0.25, -0.2) is 19.3 Å². The smallest absolute Gasteiger partial charge is 0.417 e. The third-order valence-electron chi connectivity index (χ3n) is 6.60. The molecule has 0 fully saturated rings. The van der Waals surface area contributed by atoms with Crippen molar-refractivity contribution < 1.29 is 28.6 Å². The van der Waals surface area contributed by atoms with Crippen LogP contribution in [0.2, 0.25) is 0 Å². The molecule has 1 aliphatic carbocycles. The molecule has 36 heavy (non-hydrogen) atoms. The second kappa shape index (κ2) is 8.98. The molecule has 1 aromatic heterocycles. The van der Waals surface area contributed by atoms with Gasteiger partial charge in [-0.3, -0.25) is 0 Å². The summed E-state index contributed by atoms with van der Waals surface area (Å²) in [7, 11) is 1.14. The van der Waals surface area contributed by atoms with Crippen LogP contribution in [0.25, 0.3) is 22.1 Å². The van der Waals surface area contributed by atoms with Crippen LogP contribution in [0.1, 0.15) is 24.0 Å². The zero-order valence-electron chi connectivity index (χ0n) is 19.6. The fourth-order valence-electron chi connectivity index (χ4n) is 4.64. The molecule has 8 nitrogen and oxygen atoms in total. The van der Waals surface area contributed by atoms with Crippen LogP contribution in [-0.2, 0) is 14.3 Å². The lowest BCUT2D eigenvalue weighted by atomic mass is 9.98. The highest BCUT2D eigenvalue weighted by atomic mass is 16.6. The van der Waals surface area contributed by atoms with E-state index in [9.17, 15) is 19.5 Å². The number of carboxylic acid groups (broad SMARTS) is 1. The van der Waals surface area contributed by atoms with Crippen molar-refractivity contribution in [2.45, 2.75) is 18.6 Å². The Morgan fingerprint density at radius 1 is 0.972 bits per heavy atom.